The zero-order valence-electron chi connectivity index (χ0n) is 13.1. The molecule has 2 N–H and O–H groups in total. The molecule has 1 rings (SSSR count). The van der Waals surface area contributed by atoms with Gasteiger partial charge in [0, 0.05) is 19.2 Å². The molecule has 4 nitrogen and oxygen atoms in total. The Bertz CT molecular complexity index is 465. The summed E-state index contributed by atoms with van der Waals surface area (Å²) in [5.41, 5.74) is 2.02. The van der Waals surface area contributed by atoms with Gasteiger partial charge in [0.05, 0.1) is 7.11 Å². The molecule has 0 aliphatic rings. The highest BCUT2D eigenvalue weighted by Crippen LogP contribution is 2.20. The quantitative estimate of drug-likeness (QED) is 0.724. The highest BCUT2D eigenvalue weighted by Gasteiger charge is 2.06. The summed E-state index contributed by atoms with van der Waals surface area (Å²) in [4.78, 5) is 11.9. The number of aliphatic hydroxyl groups is 1. The van der Waals surface area contributed by atoms with Crippen LogP contribution in [0, 0.1) is 5.92 Å². The second-order valence-corrected chi connectivity index (χ2v) is 5.11. The number of carbonyl (C=O) groups excluding carboxylic acids is 1. The Morgan fingerprint density at radius 2 is 2.05 bits per heavy atom. The van der Waals surface area contributed by atoms with Crippen LogP contribution in [-0.2, 0) is 4.79 Å². The van der Waals surface area contributed by atoms with E-state index in [1.165, 1.54) is 0 Å². The molecule has 0 aromatic heterocycles. The smallest absolute Gasteiger partial charge is 0.244 e. The number of hydrogen-bond donors (Lipinski definition) is 2. The molecule has 1 aromatic rings. The van der Waals surface area contributed by atoms with Gasteiger partial charge in [0.2, 0.25) is 5.91 Å². The highest BCUT2D eigenvalue weighted by atomic mass is 16.5. The van der Waals surface area contributed by atoms with Crippen LogP contribution in [0.25, 0.3) is 5.57 Å². The molecule has 0 saturated heterocycles. The molecule has 0 heterocycles. The van der Waals surface area contributed by atoms with E-state index in [4.69, 9.17) is 9.84 Å². The lowest BCUT2D eigenvalue weighted by Gasteiger charge is -2.11. The number of allylic oxidation sites excluding steroid dienone is 1. The van der Waals surface area contributed by atoms with Crippen LogP contribution < -0.4 is 10.1 Å². The zero-order valence-corrected chi connectivity index (χ0v) is 13.1. The van der Waals surface area contributed by atoms with Gasteiger partial charge in [-0.25, -0.2) is 0 Å². The second kappa shape index (κ2) is 9.19. The number of nitrogens with one attached hydrogen (secondary N) is 1. The topological polar surface area (TPSA) is 58.6 Å². The standard InChI is InChI=1S/C17H25NO3/c1-4-14(15-5-7-16(21-3)8-6-15)11-17(20)18-12-13(2)9-10-19/h5-8,11,13,19H,4,9-10,12H2,1-3H3,(H,18,20)/b14-11-. The first kappa shape index (κ1) is 17.2. The fraction of sp³-hybridized carbons (Fsp3) is 0.471. The molecule has 0 radical (unpaired) electrons. The van der Waals surface area contributed by atoms with Crippen LogP contribution in [-0.4, -0.2) is 31.3 Å². The van der Waals surface area contributed by atoms with Gasteiger partial charge < -0.3 is 15.2 Å². The maximum absolute atomic E-state index is 11.9. The van der Waals surface area contributed by atoms with Crippen molar-refractivity contribution in [3.8, 4) is 5.75 Å². The van der Waals surface area contributed by atoms with Crippen LogP contribution in [0.4, 0.5) is 0 Å². The molecular weight excluding hydrogens is 266 g/mol. The molecule has 0 aliphatic carbocycles. The van der Waals surface area contributed by atoms with E-state index in [2.05, 4.69) is 5.32 Å². The molecule has 0 fully saturated rings. The minimum atomic E-state index is -0.0903. The number of carbonyl (C=O) groups is 1. The van der Waals surface area contributed by atoms with Crippen molar-refractivity contribution in [2.24, 2.45) is 5.92 Å². The summed E-state index contributed by atoms with van der Waals surface area (Å²) >= 11 is 0. The molecule has 1 unspecified atom stereocenters. The van der Waals surface area contributed by atoms with E-state index >= 15 is 0 Å². The van der Waals surface area contributed by atoms with Crippen molar-refractivity contribution in [3.05, 3.63) is 35.9 Å². The number of hydrogen-bond acceptors (Lipinski definition) is 3. The summed E-state index contributed by atoms with van der Waals surface area (Å²) in [5, 5.41) is 11.7. The van der Waals surface area contributed by atoms with Crippen molar-refractivity contribution in [2.45, 2.75) is 26.7 Å². The van der Waals surface area contributed by atoms with Crippen molar-refractivity contribution in [3.63, 3.8) is 0 Å². The van der Waals surface area contributed by atoms with Gasteiger partial charge in [0.1, 0.15) is 5.75 Å². The summed E-state index contributed by atoms with van der Waals surface area (Å²) in [6, 6.07) is 7.69. The van der Waals surface area contributed by atoms with Gasteiger partial charge in [0.15, 0.2) is 0 Å². The largest absolute Gasteiger partial charge is 0.497 e. The summed E-state index contributed by atoms with van der Waals surface area (Å²) < 4.78 is 5.13. The average Bonchev–Trinajstić information content (AvgIpc) is 2.51. The molecule has 21 heavy (non-hydrogen) atoms. The Hall–Kier alpha value is -1.81. The van der Waals surface area contributed by atoms with Gasteiger partial charge in [-0.2, -0.15) is 0 Å². The number of aliphatic hydroxyl groups excluding tert-OH is 1. The van der Waals surface area contributed by atoms with Crippen molar-refractivity contribution >= 4 is 11.5 Å². The van der Waals surface area contributed by atoms with E-state index in [9.17, 15) is 4.79 Å². The van der Waals surface area contributed by atoms with Crippen LogP contribution >= 0.6 is 0 Å². The van der Waals surface area contributed by atoms with Crippen molar-refractivity contribution in [1.29, 1.82) is 0 Å². The van der Waals surface area contributed by atoms with Gasteiger partial charge in [-0.1, -0.05) is 26.0 Å². The third-order valence-electron chi connectivity index (χ3n) is 3.39. The molecule has 0 spiro atoms. The van der Waals surface area contributed by atoms with E-state index in [0.717, 1.165) is 23.3 Å². The lowest BCUT2D eigenvalue weighted by atomic mass is 10.0. The molecule has 0 bridgehead atoms. The lowest BCUT2D eigenvalue weighted by Crippen LogP contribution is -2.27. The fourth-order valence-electron chi connectivity index (χ4n) is 2.00. The summed E-state index contributed by atoms with van der Waals surface area (Å²) in [7, 11) is 1.63. The van der Waals surface area contributed by atoms with Gasteiger partial charge >= 0.3 is 0 Å². The Labute approximate surface area is 126 Å². The van der Waals surface area contributed by atoms with Crippen LogP contribution in [0.2, 0.25) is 0 Å². The third-order valence-corrected chi connectivity index (χ3v) is 3.39. The van der Waals surface area contributed by atoms with Gasteiger partial charge in [-0.15, -0.1) is 0 Å². The molecule has 0 saturated carbocycles. The monoisotopic (exact) mass is 291 g/mol. The van der Waals surface area contributed by atoms with E-state index < -0.39 is 0 Å². The predicted octanol–water partition coefficient (Wildman–Crippen LogP) is 2.62. The number of benzene rings is 1. The van der Waals surface area contributed by atoms with E-state index in [1.807, 2.05) is 38.1 Å². The minimum absolute atomic E-state index is 0.0903. The van der Waals surface area contributed by atoms with Crippen LogP contribution in [0.1, 0.15) is 32.3 Å². The molecule has 1 aromatic carbocycles. The zero-order chi connectivity index (χ0) is 15.7. The van der Waals surface area contributed by atoms with Crippen molar-refractivity contribution in [2.75, 3.05) is 20.3 Å². The Balaban J connectivity index is 2.66. The minimum Gasteiger partial charge on any atom is -0.497 e. The van der Waals surface area contributed by atoms with Crippen LogP contribution in [0.3, 0.4) is 0 Å². The molecule has 0 aliphatic heterocycles. The van der Waals surface area contributed by atoms with Gasteiger partial charge in [0.25, 0.3) is 0 Å². The lowest BCUT2D eigenvalue weighted by molar-refractivity contribution is -0.116. The molecule has 1 atom stereocenters. The first-order chi connectivity index (χ1) is 10.1. The Kier molecular flexibility index (Phi) is 7.54. The number of rotatable bonds is 8. The summed E-state index contributed by atoms with van der Waals surface area (Å²) in [6.07, 6.45) is 3.13. The molecular formula is C17H25NO3. The predicted molar refractivity (Wildman–Crippen MR) is 85.1 cm³/mol. The first-order valence-electron chi connectivity index (χ1n) is 7.34. The number of amides is 1. The first-order valence-corrected chi connectivity index (χ1v) is 7.34. The van der Waals surface area contributed by atoms with Gasteiger partial charge in [-0.05, 0) is 42.0 Å². The van der Waals surface area contributed by atoms with E-state index in [0.29, 0.717) is 13.0 Å². The number of ether oxygens (including phenoxy) is 1. The van der Waals surface area contributed by atoms with Crippen molar-refractivity contribution < 1.29 is 14.6 Å². The maximum Gasteiger partial charge on any atom is 0.244 e. The Morgan fingerprint density at radius 3 is 2.57 bits per heavy atom. The maximum atomic E-state index is 11.9. The SMILES string of the molecule is CC/C(=C/C(=O)NCC(C)CCO)c1ccc(OC)cc1. The summed E-state index contributed by atoms with van der Waals surface area (Å²) in [5.74, 6) is 0.988. The Morgan fingerprint density at radius 1 is 1.38 bits per heavy atom. The van der Waals surface area contributed by atoms with Crippen LogP contribution in [0.15, 0.2) is 30.3 Å². The number of methoxy groups -OCH3 is 1. The van der Waals surface area contributed by atoms with E-state index in [1.54, 1.807) is 13.2 Å². The van der Waals surface area contributed by atoms with Crippen molar-refractivity contribution in [1.82, 2.24) is 5.32 Å². The highest BCUT2D eigenvalue weighted by molar-refractivity contribution is 5.95. The molecule has 1 amide bonds. The second-order valence-electron chi connectivity index (χ2n) is 5.11. The summed E-state index contributed by atoms with van der Waals surface area (Å²) in [6.45, 7) is 4.76. The normalized spacial score (nSPS) is 12.9. The average molecular weight is 291 g/mol. The van der Waals surface area contributed by atoms with E-state index in [-0.39, 0.29) is 18.4 Å². The molecule has 116 valence electrons. The van der Waals surface area contributed by atoms with Crippen LogP contribution in [0.5, 0.6) is 5.75 Å². The third kappa shape index (κ3) is 6.00. The van der Waals surface area contributed by atoms with Gasteiger partial charge in [-0.3, -0.25) is 4.79 Å². The fourth-order valence-corrected chi connectivity index (χ4v) is 2.00. The molecule has 4 heteroatoms.